The van der Waals surface area contributed by atoms with Gasteiger partial charge < -0.3 is 14.0 Å². The third-order valence-corrected chi connectivity index (χ3v) is 6.06. The third kappa shape index (κ3) is 6.02. The Morgan fingerprint density at radius 3 is 2.38 bits per heavy atom. The Bertz CT molecular complexity index is 1290. The van der Waals surface area contributed by atoms with Crippen LogP contribution >= 0.6 is 11.8 Å². The lowest BCUT2D eigenvalue weighted by molar-refractivity contribution is -0.151. The molecule has 0 amide bonds. The van der Waals surface area contributed by atoms with Crippen molar-refractivity contribution in [3.05, 3.63) is 89.7 Å². The van der Waals surface area contributed by atoms with E-state index < -0.39 is 18.5 Å². The number of rotatable bonds is 9. The molecule has 0 bridgehead atoms. The minimum absolute atomic E-state index is 0.0226. The zero-order chi connectivity index (χ0) is 23.9. The van der Waals surface area contributed by atoms with Crippen molar-refractivity contribution in [2.75, 3.05) is 12.4 Å². The van der Waals surface area contributed by atoms with Gasteiger partial charge in [-0.1, -0.05) is 55.1 Å². The summed E-state index contributed by atoms with van der Waals surface area (Å²) in [6, 6.07) is 21.1. The predicted molar refractivity (Wildman–Crippen MR) is 128 cm³/mol. The van der Waals surface area contributed by atoms with E-state index in [0.29, 0.717) is 17.5 Å². The van der Waals surface area contributed by atoms with E-state index in [0.717, 1.165) is 28.6 Å². The number of para-hydroxylation sites is 2. The number of carbonyl (C=O) groups is 2. The van der Waals surface area contributed by atoms with Crippen molar-refractivity contribution in [3.63, 3.8) is 0 Å². The Labute approximate surface area is 200 Å². The Balaban J connectivity index is 1.35. The smallest absolute Gasteiger partial charge is 0.349 e. The maximum Gasteiger partial charge on any atom is 0.349 e. The van der Waals surface area contributed by atoms with Crippen LogP contribution in [0.3, 0.4) is 0 Å². The van der Waals surface area contributed by atoms with Crippen LogP contribution in [0, 0.1) is 5.82 Å². The summed E-state index contributed by atoms with van der Waals surface area (Å²) in [5.41, 5.74) is 3.73. The fraction of sp³-hybridized carbons (Fsp3) is 0.192. The molecule has 0 spiro atoms. The third-order valence-electron chi connectivity index (χ3n) is 5.11. The van der Waals surface area contributed by atoms with Crippen molar-refractivity contribution >= 4 is 34.7 Å². The molecule has 0 radical (unpaired) electrons. The van der Waals surface area contributed by atoms with Gasteiger partial charge in [-0.2, -0.15) is 0 Å². The number of imidazole rings is 1. The molecule has 0 fully saturated rings. The molecule has 0 aliphatic rings. The van der Waals surface area contributed by atoms with Crippen molar-refractivity contribution in [1.82, 2.24) is 9.55 Å². The lowest BCUT2D eigenvalue weighted by Crippen LogP contribution is -2.20. The lowest BCUT2D eigenvalue weighted by Gasteiger charge is -2.09. The first-order chi connectivity index (χ1) is 16.5. The molecule has 0 aliphatic carbocycles. The van der Waals surface area contributed by atoms with E-state index in [1.54, 1.807) is 24.3 Å². The fourth-order valence-electron chi connectivity index (χ4n) is 3.35. The highest BCUT2D eigenvalue weighted by molar-refractivity contribution is 7.99. The number of benzene rings is 3. The van der Waals surface area contributed by atoms with Gasteiger partial charge in [0.1, 0.15) is 11.6 Å². The second kappa shape index (κ2) is 11.0. The van der Waals surface area contributed by atoms with Gasteiger partial charge in [-0.3, -0.25) is 4.79 Å². The summed E-state index contributed by atoms with van der Waals surface area (Å²) in [5.74, 6) is -1.12. The minimum atomic E-state index is -0.647. The number of esters is 2. The molecule has 174 valence electrons. The van der Waals surface area contributed by atoms with E-state index >= 15 is 0 Å². The predicted octanol–water partition coefficient (Wildman–Crippen LogP) is 5.03. The number of ether oxygens (including phenoxy) is 2. The first-order valence-electron chi connectivity index (χ1n) is 10.8. The first kappa shape index (κ1) is 23.5. The van der Waals surface area contributed by atoms with Crippen LogP contribution in [0.15, 0.2) is 78.0 Å². The van der Waals surface area contributed by atoms with Crippen LogP contribution in [0.5, 0.6) is 5.75 Å². The molecule has 0 unspecified atom stereocenters. The quantitative estimate of drug-likeness (QED) is 0.191. The number of hydrogen-bond acceptors (Lipinski definition) is 6. The summed E-state index contributed by atoms with van der Waals surface area (Å²) in [5, 5.41) is 0.626. The van der Waals surface area contributed by atoms with E-state index in [-0.39, 0.29) is 11.6 Å². The molecule has 8 heteroatoms. The molecule has 3 aromatic carbocycles. The highest BCUT2D eigenvalue weighted by Crippen LogP contribution is 2.25. The maximum absolute atomic E-state index is 13.3. The average Bonchev–Trinajstić information content (AvgIpc) is 3.20. The number of aromatic nitrogens is 2. The molecule has 4 rings (SSSR count). The second-order valence-electron chi connectivity index (χ2n) is 7.52. The molecule has 1 aromatic heterocycles. The normalized spacial score (nSPS) is 10.9. The van der Waals surface area contributed by atoms with Crippen molar-refractivity contribution in [2.24, 2.45) is 0 Å². The number of fused-ring (bicyclic) bond motifs is 1. The molecule has 0 saturated carbocycles. The first-order valence-corrected chi connectivity index (χ1v) is 11.8. The second-order valence-corrected chi connectivity index (χ2v) is 8.46. The molecule has 1 heterocycles. The van der Waals surface area contributed by atoms with Gasteiger partial charge in [-0.05, 0) is 53.9 Å². The van der Waals surface area contributed by atoms with Crippen LogP contribution in [-0.4, -0.2) is 33.8 Å². The van der Waals surface area contributed by atoms with Gasteiger partial charge in [0.05, 0.1) is 23.3 Å². The molecule has 0 aliphatic heterocycles. The van der Waals surface area contributed by atoms with E-state index in [1.807, 2.05) is 47.9 Å². The monoisotopic (exact) mass is 478 g/mol. The minimum Gasteiger partial charge on any atom is -0.453 e. The number of thioether (sulfide) groups is 1. The van der Waals surface area contributed by atoms with Crippen molar-refractivity contribution in [1.29, 1.82) is 0 Å². The number of aryl methyl sites for hydroxylation is 1. The van der Waals surface area contributed by atoms with Crippen LogP contribution in [-0.2, 0) is 27.3 Å². The Morgan fingerprint density at radius 1 is 0.941 bits per heavy atom. The van der Waals surface area contributed by atoms with E-state index in [2.05, 4.69) is 4.98 Å². The van der Waals surface area contributed by atoms with Gasteiger partial charge in [-0.15, -0.1) is 0 Å². The summed E-state index contributed by atoms with van der Waals surface area (Å²) in [6.45, 7) is 2.04. The largest absolute Gasteiger partial charge is 0.453 e. The van der Waals surface area contributed by atoms with Gasteiger partial charge >= 0.3 is 11.9 Å². The molecule has 4 aromatic rings. The van der Waals surface area contributed by atoms with Gasteiger partial charge in [0.25, 0.3) is 0 Å². The SMILES string of the molecule is CCc1ccc(OC(=O)COC(=O)CSc2nc3ccccc3n2Cc2ccc(F)cc2)cc1. The Kier molecular flexibility index (Phi) is 7.59. The molecule has 0 saturated heterocycles. The summed E-state index contributed by atoms with van der Waals surface area (Å²) >= 11 is 1.21. The maximum atomic E-state index is 13.3. The van der Waals surface area contributed by atoms with Crippen molar-refractivity contribution < 1.29 is 23.5 Å². The number of nitrogens with zero attached hydrogens (tertiary/aromatic N) is 2. The zero-order valence-corrected chi connectivity index (χ0v) is 19.4. The molecule has 0 atom stereocenters. The van der Waals surface area contributed by atoms with E-state index in [4.69, 9.17) is 9.47 Å². The van der Waals surface area contributed by atoms with Crippen LogP contribution < -0.4 is 4.74 Å². The summed E-state index contributed by atoms with van der Waals surface area (Å²) in [7, 11) is 0. The van der Waals surface area contributed by atoms with Gasteiger partial charge in [0.15, 0.2) is 11.8 Å². The summed E-state index contributed by atoms with van der Waals surface area (Å²) < 4.78 is 25.5. The highest BCUT2D eigenvalue weighted by Gasteiger charge is 2.15. The zero-order valence-electron chi connectivity index (χ0n) is 18.6. The molecular weight excluding hydrogens is 455 g/mol. The van der Waals surface area contributed by atoms with Crippen LogP contribution in [0.1, 0.15) is 18.1 Å². The number of carbonyl (C=O) groups excluding carboxylic acids is 2. The Morgan fingerprint density at radius 2 is 1.65 bits per heavy atom. The van der Waals surface area contributed by atoms with Gasteiger partial charge in [0, 0.05) is 0 Å². The van der Waals surface area contributed by atoms with Gasteiger partial charge in [0.2, 0.25) is 0 Å². The lowest BCUT2D eigenvalue weighted by atomic mass is 10.2. The molecule has 0 N–H and O–H groups in total. The van der Waals surface area contributed by atoms with Gasteiger partial charge in [-0.25, -0.2) is 14.2 Å². The fourth-order valence-corrected chi connectivity index (χ4v) is 4.16. The Hall–Kier alpha value is -3.65. The summed E-state index contributed by atoms with van der Waals surface area (Å²) in [4.78, 5) is 28.9. The topological polar surface area (TPSA) is 70.4 Å². The number of hydrogen-bond donors (Lipinski definition) is 0. The molecule has 34 heavy (non-hydrogen) atoms. The molecule has 6 nitrogen and oxygen atoms in total. The summed E-state index contributed by atoms with van der Waals surface area (Å²) in [6.07, 6.45) is 0.890. The van der Waals surface area contributed by atoms with Crippen molar-refractivity contribution in [3.8, 4) is 5.75 Å². The number of halogens is 1. The highest BCUT2D eigenvalue weighted by atomic mass is 32.2. The molecular formula is C26H23FN2O4S. The van der Waals surface area contributed by atoms with E-state index in [9.17, 15) is 14.0 Å². The van der Waals surface area contributed by atoms with Crippen molar-refractivity contribution in [2.45, 2.75) is 25.0 Å². The average molecular weight is 479 g/mol. The standard InChI is InChI=1S/C26H23FN2O4S/c1-2-18-9-13-21(14-10-18)33-24(30)16-32-25(31)17-34-26-28-22-5-3-4-6-23(22)29(26)15-19-7-11-20(27)12-8-19/h3-14H,2,15-17H2,1H3. The van der Waals surface area contributed by atoms with Crippen LogP contribution in [0.4, 0.5) is 4.39 Å². The van der Waals surface area contributed by atoms with Crippen LogP contribution in [0.25, 0.3) is 11.0 Å². The van der Waals surface area contributed by atoms with Crippen LogP contribution in [0.2, 0.25) is 0 Å². The van der Waals surface area contributed by atoms with E-state index in [1.165, 1.54) is 23.9 Å².